The summed E-state index contributed by atoms with van der Waals surface area (Å²) in [6, 6.07) is -0.125. The fraction of sp³-hybridized carbons (Fsp3) is 0.571. The Morgan fingerprint density at radius 3 is 2.71 bits per heavy atom. The van der Waals surface area contributed by atoms with E-state index >= 15 is 0 Å². The molecule has 14 heavy (non-hydrogen) atoms. The highest BCUT2D eigenvalue weighted by atomic mass is 16.2. The molecule has 2 rings (SSSR count). The summed E-state index contributed by atoms with van der Waals surface area (Å²) >= 11 is 0. The van der Waals surface area contributed by atoms with Crippen molar-refractivity contribution in [3.63, 3.8) is 0 Å². The summed E-state index contributed by atoms with van der Waals surface area (Å²) < 4.78 is 1.48. The van der Waals surface area contributed by atoms with Gasteiger partial charge in [-0.1, -0.05) is 0 Å². The van der Waals surface area contributed by atoms with Crippen molar-refractivity contribution >= 4 is 17.8 Å². The van der Waals surface area contributed by atoms with Gasteiger partial charge in [0.15, 0.2) is 0 Å². The molecule has 1 aromatic rings. The van der Waals surface area contributed by atoms with Crippen molar-refractivity contribution in [2.24, 2.45) is 12.8 Å². The lowest BCUT2D eigenvalue weighted by Crippen LogP contribution is -2.30. The Morgan fingerprint density at radius 2 is 2.29 bits per heavy atom. The van der Waals surface area contributed by atoms with E-state index in [4.69, 9.17) is 11.5 Å². The lowest BCUT2D eigenvalue weighted by atomic mass is 10.3. The summed E-state index contributed by atoms with van der Waals surface area (Å²) in [6.07, 6.45) is 0.354. The van der Waals surface area contributed by atoms with Crippen LogP contribution < -0.4 is 16.4 Å². The molecule has 1 aliphatic heterocycles. The van der Waals surface area contributed by atoms with Crippen LogP contribution in [0.1, 0.15) is 6.42 Å². The number of nitrogens with zero attached hydrogens (tertiary/aromatic N) is 4. The zero-order chi connectivity index (χ0) is 10.3. The van der Waals surface area contributed by atoms with Crippen molar-refractivity contribution in [1.29, 1.82) is 0 Å². The van der Waals surface area contributed by atoms with Gasteiger partial charge in [0.2, 0.25) is 17.8 Å². The number of anilines is 2. The van der Waals surface area contributed by atoms with Crippen molar-refractivity contribution in [3.8, 4) is 0 Å². The maximum Gasteiger partial charge on any atom is 0.241 e. The number of amides is 1. The molecule has 0 bridgehead atoms. The monoisotopic (exact) mass is 196 g/mol. The van der Waals surface area contributed by atoms with Crippen LogP contribution in [0.15, 0.2) is 0 Å². The van der Waals surface area contributed by atoms with E-state index in [9.17, 15) is 4.79 Å². The predicted octanol–water partition coefficient (Wildman–Crippen LogP) is -1.54. The molecule has 4 N–H and O–H groups in total. The molecule has 0 spiro atoms. The highest BCUT2D eigenvalue weighted by molar-refractivity contribution is 5.94. The van der Waals surface area contributed by atoms with Gasteiger partial charge in [0, 0.05) is 26.1 Å². The topological polar surface area (TPSA) is 103 Å². The van der Waals surface area contributed by atoms with Crippen molar-refractivity contribution in [2.75, 3.05) is 17.2 Å². The van der Waals surface area contributed by atoms with Crippen LogP contribution in [0.25, 0.3) is 0 Å². The lowest BCUT2D eigenvalue weighted by Gasteiger charge is -2.13. The van der Waals surface area contributed by atoms with E-state index in [1.54, 1.807) is 7.05 Å². The molecule has 1 unspecified atom stereocenters. The fourth-order valence-electron chi connectivity index (χ4n) is 1.56. The first-order chi connectivity index (χ1) is 6.58. The first kappa shape index (κ1) is 8.95. The molecule has 1 atom stereocenters. The molecule has 1 saturated heterocycles. The summed E-state index contributed by atoms with van der Waals surface area (Å²) in [5, 5.41) is 3.86. The normalized spacial score (nSPS) is 22.0. The summed E-state index contributed by atoms with van der Waals surface area (Å²) in [7, 11) is 1.69. The number of aryl methyl sites for hydroxylation is 1. The SMILES string of the molecule is Cn1nc(N)nc1N1CC(N)CC1=O. The predicted molar refractivity (Wildman–Crippen MR) is 50.4 cm³/mol. The Balaban J connectivity index is 2.31. The molecule has 76 valence electrons. The van der Waals surface area contributed by atoms with Gasteiger partial charge in [-0.15, -0.1) is 5.10 Å². The van der Waals surface area contributed by atoms with E-state index in [0.29, 0.717) is 18.9 Å². The van der Waals surface area contributed by atoms with Crippen molar-refractivity contribution in [2.45, 2.75) is 12.5 Å². The van der Waals surface area contributed by atoms with Gasteiger partial charge in [0.05, 0.1) is 0 Å². The first-order valence-electron chi connectivity index (χ1n) is 4.30. The van der Waals surface area contributed by atoms with Crippen LogP contribution >= 0.6 is 0 Å². The molecule has 0 aliphatic carbocycles. The molecule has 7 heteroatoms. The number of aromatic nitrogens is 3. The molecule has 2 heterocycles. The zero-order valence-electron chi connectivity index (χ0n) is 7.84. The number of nitrogen functional groups attached to an aromatic ring is 1. The minimum absolute atomic E-state index is 0.0343. The molecule has 1 amide bonds. The Kier molecular flexibility index (Phi) is 1.88. The summed E-state index contributed by atoms with van der Waals surface area (Å²) in [5.41, 5.74) is 11.1. The molecule has 7 nitrogen and oxygen atoms in total. The highest BCUT2D eigenvalue weighted by Crippen LogP contribution is 2.18. The van der Waals surface area contributed by atoms with Crippen molar-refractivity contribution in [1.82, 2.24) is 14.8 Å². The molecule has 0 aromatic carbocycles. The zero-order valence-corrected chi connectivity index (χ0v) is 7.84. The van der Waals surface area contributed by atoms with Crippen LogP contribution in [0.2, 0.25) is 0 Å². The number of rotatable bonds is 1. The fourth-order valence-corrected chi connectivity index (χ4v) is 1.56. The molecule has 0 radical (unpaired) electrons. The Morgan fingerprint density at radius 1 is 1.57 bits per heavy atom. The maximum atomic E-state index is 11.5. The van der Waals surface area contributed by atoms with Crippen LogP contribution in [-0.4, -0.2) is 33.3 Å². The third-order valence-electron chi connectivity index (χ3n) is 2.15. The number of carbonyl (C=O) groups excluding carboxylic acids is 1. The van der Waals surface area contributed by atoms with Crippen LogP contribution in [0.3, 0.4) is 0 Å². The third-order valence-corrected chi connectivity index (χ3v) is 2.15. The van der Waals surface area contributed by atoms with E-state index in [2.05, 4.69) is 10.1 Å². The molecule has 1 fully saturated rings. The van der Waals surface area contributed by atoms with E-state index in [-0.39, 0.29) is 17.9 Å². The second kappa shape index (κ2) is 2.95. The van der Waals surface area contributed by atoms with E-state index in [1.807, 2.05) is 0 Å². The lowest BCUT2D eigenvalue weighted by molar-refractivity contribution is -0.117. The molecule has 1 aromatic heterocycles. The smallest absolute Gasteiger partial charge is 0.241 e. The van der Waals surface area contributed by atoms with Gasteiger partial charge in [0.25, 0.3) is 0 Å². The van der Waals surface area contributed by atoms with Gasteiger partial charge < -0.3 is 11.5 Å². The molecule has 0 saturated carbocycles. The average Bonchev–Trinajstić information content (AvgIpc) is 2.55. The quantitative estimate of drug-likeness (QED) is 0.566. The number of hydrogen-bond acceptors (Lipinski definition) is 5. The van der Waals surface area contributed by atoms with Gasteiger partial charge in [-0.2, -0.15) is 4.98 Å². The molecular weight excluding hydrogens is 184 g/mol. The van der Waals surface area contributed by atoms with Crippen LogP contribution in [-0.2, 0) is 11.8 Å². The number of hydrogen-bond donors (Lipinski definition) is 2. The second-order valence-corrected chi connectivity index (χ2v) is 3.36. The number of nitrogens with two attached hydrogens (primary N) is 2. The van der Waals surface area contributed by atoms with Gasteiger partial charge in [-0.3, -0.25) is 9.69 Å². The molecule has 1 aliphatic rings. The minimum atomic E-state index is -0.125. The third kappa shape index (κ3) is 1.31. The second-order valence-electron chi connectivity index (χ2n) is 3.36. The minimum Gasteiger partial charge on any atom is -0.366 e. The van der Waals surface area contributed by atoms with E-state index in [0.717, 1.165) is 0 Å². The largest absolute Gasteiger partial charge is 0.366 e. The Labute approximate surface area is 80.7 Å². The Bertz CT molecular complexity index is 372. The van der Waals surface area contributed by atoms with E-state index < -0.39 is 0 Å². The van der Waals surface area contributed by atoms with Crippen LogP contribution in [0.5, 0.6) is 0 Å². The maximum absolute atomic E-state index is 11.5. The Hall–Kier alpha value is -1.63. The van der Waals surface area contributed by atoms with Gasteiger partial charge in [0.1, 0.15) is 0 Å². The van der Waals surface area contributed by atoms with Gasteiger partial charge >= 0.3 is 0 Å². The molecular formula is C7H12N6O. The average molecular weight is 196 g/mol. The van der Waals surface area contributed by atoms with Crippen LogP contribution in [0.4, 0.5) is 11.9 Å². The van der Waals surface area contributed by atoms with Gasteiger partial charge in [-0.25, -0.2) is 4.68 Å². The van der Waals surface area contributed by atoms with E-state index in [1.165, 1.54) is 9.58 Å². The summed E-state index contributed by atoms with van der Waals surface area (Å²) in [4.78, 5) is 16.9. The van der Waals surface area contributed by atoms with Crippen molar-refractivity contribution in [3.05, 3.63) is 0 Å². The van der Waals surface area contributed by atoms with Crippen LogP contribution in [0, 0.1) is 0 Å². The summed E-state index contributed by atoms with van der Waals surface area (Å²) in [6.45, 7) is 0.477. The standard InChI is InChI=1S/C7H12N6O/c1-12-7(10-6(9)11-12)13-3-4(8)2-5(13)14/h4H,2-3,8H2,1H3,(H2,9,11). The highest BCUT2D eigenvalue weighted by Gasteiger charge is 2.31. The first-order valence-corrected chi connectivity index (χ1v) is 4.30. The van der Waals surface area contributed by atoms with Gasteiger partial charge in [-0.05, 0) is 0 Å². The van der Waals surface area contributed by atoms with Crippen molar-refractivity contribution < 1.29 is 4.79 Å². The number of carbonyl (C=O) groups is 1. The summed E-state index contributed by atoms with van der Waals surface area (Å²) in [5.74, 6) is 0.587.